The molecule has 0 aliphatic rings. The molecule has 5 heteroatoms. The summed E-state index contributed by atoms with van der Waals surface area (Å²) >= 11 is 0. The van der Waals surface area contributed by atoms with E-state index in [2.05, 4.69) is 5.32 Å². The molecule has 0 heterocycles. The zero-order valence-corrected chi connectivity index (χ0v) is 11.4. The van der Waals surface area contributed by atoms with E-state index in [1.165, 1.54) is 12.1 Å². The molecular formula is C16H14FN3O. The fourth-order valence-corrected chi connectivity index (χ4v) is 1.93. The van der Waals surface area contributed by atoms with E-state index >= 15 is 0 Å². The molecule has 1 atom stereocenters. The number of nitrogens with two attached hydrogens (primary N) is 1. The molecule has 0 fully saturated rings. The summed E-state index contributed by atoms with van der Waals surface area (Å²) in [5.74, 6) is -0.954. The van der Waals surface area contributed by atoms with Gasteiger partial charge >= 0.3 is 0 Å². The van der Waals surface area contributed by atoms with E-state index in [0.29, 0.717) is 5.56 Å². The smallest absolute Gasteiger partial charge is 0.253 e. The van der Waals surface area contributed by atoms with Crippen LogP contribution >= 0.6 is 0 Å². The van der Waals surface area contributed by atoms with Crippen molar-refractivity contribution in [3.05, 3.63) is 65.0 Å². The normalized spacial score (nSPS) is 11.5. The lowest BCUT2D eigenvalue weighted by Crippen LogP contribution is -2.27. The minimum absolute atomic E-state index is 0.107. The maximum Gasteiger partial charge on any atom is 0.253 e. The predicted octanol–water partition coefficient (Wildman–Crippen LogP) is 2.77. The van der Waals surface area contributed by atoms with E-state index in [1.807, 2.05) is 6.07 Å². The number of amides is 1. The first kappa shape index (κ1) is 14.5. The Morgan fingerprint density at radius 3 is 2.57 bits per heavy atom. The van der Waals surface area contributed by atoms with Gasteiger partial charge in [0.25, 0.3) is 5.91 Å². The van der Waals surface area contributed by atoms with Crippen LogP contribution in [0.15, 0.2) is 42.5 Å². The van der Waals surface area contributed by atoms with Crippen LogP contribution in [0.2, 0.25) is 0 Å². The lowest BCUT2D eigenvalue weighted by atomic mass is 10.1. The van der Waals surface area contributed by atoms with Gasteiger partial charge in [-0.1, -0.05) is 12.1 Å². The third-order valence-corrected chi connectivity index (χ3v) is 3.15. The van der Waals surface area contributed by atoms with E-state index in [4.69, 9.17) is 11.0 Å². The van der Waals surface area contributed by atoms with Gasteiger partial charge in [0.15, 0.2) is 0 Å². The molecule has 0 saturated carbocycles. The molecule has 0 bridgehead atoms. The van der Waals surface area contributed by atoms with E-state index in [9.17, 15) is 9.18 Å². The zero-order valence-electron chi connectivity index (χ0n) is 11.4. The SMILES string of the molecule is C[C@@H](NC(=O)c1cc(F)ccc1N)c1ccc(C#N)cc1. The summed E-state index contributed by atoms with van der Waals surface area (Å²) in [6, 6.07) is 12.3. The van der Waals surface area contributed by atoms with Gasteiger partial charge in [0.2, 0.25) is 0 Å². The summed E-state index contributed by atoms with van der Waals surface area (Å²) in [7, 11) is 0. The van der Waals surface area contributed by atoms with Crippen LogP contribution in [-0.4, -0.2) is 5.91 Å². The van der Waals surface area contributed by atoms with Crippen LogP contribution in [0.25, 0.3) is 0 Å². The first-order valence-corrected chi connectivity index (χ1v) is 6.37. The molecule has 106 valence electrons. The highest BCUT2D eigenvalue weighted by atomic mass is 19.1. The number of benzene rings is 2. The van der Waals surface area contributed by atoms with Crippen molar-refractivity contribution in [3.8, 4) is 6.07 Å². The van der Waals surface area contributed by atoms with Crippen molar-refractivity contribution in [2.24, 2.45) is 0 Å². The van der Waals surface area contributed by atoms with Gasteiger partial charge in [-0.25, -0.2) is 4.39 Å². The zero-order chi connectivity index (χ0) is 15.4. The summed E-state index contributed by atoms with van der Waals surface area (Å²) in [5.41, 5.74) is 7.40. The lowest BCUT2D eigenvalue weighted by Gasteiger charge is -2.15. The largest absolute Gasteiger partial charge is 0.398 e. The Balaban J connectivity index is 2.14. The second-order valence-electron chi connectivity index (χ2n) is 4.66. The van der Waals surface area contributed by atoms with Crippen LogP contribution in [0, 0.1) is 17.1 Å². The van der Waals surface area contributed by atoms with Crippen LogP contribution in [-0.2, 0) is 0 Å². The summed E-state index contributed by atoms with van der Waals surface area (Å²) in [4.78, 5) is 12.1. The standard InChI is InChI=1S/C16H14FN3O/c1-10(12-4-2-11(9-18)3-5-12)20-16(21)14-8-13(17)6-7-15(14)19/h2-8,10H,19H2,1H3,(H,20,21)/t10-/m1/s1. The fraction of sp³-hybridized carbons (Fsp3) is 0.125. The summed E-state index contributed by atoms with van der Waals surface area (Å²) in [6.45, 7) is 1.80. The number of nitrogen functional groups attached to an aromatic ring is 1. The van der Waals surface area contributed by atoms with Gasteiger partial charge in [-0.2, -0.15) is 5.26 Å². The molecule has 4 nitrogen and oxygen atoms in total. The van der Waals surface area contributed by atoms with E-state index < -0.39 is 11.7 Å². The van der Waals surface area contributed by atoms with Gasteiger partial charge in [-0.15, -0.1) is 0 Å². The second-order valence-corrected chi connectivity index (χ2v) is 4.66. The molecule has 0 radical (unpaired) electrons. The number of rotatable bonds is 3. The number of halogens is 1. The van der Waals surface area contributed by atoms with Crippen molar-refractivity contribution in [2.75, 3.05) is 5.73 Å². The summed E-state index contributed by atoms with van der Waals surface area (Å²) in [6.07, 6.45) is 0. The highest BCUT2D eigenvalue weighted by molar-refractivity contribution is 5.99. The predicted molar refractivity (Wildman–Crippen MR) is 77.9 cm³/mol. The van der Waals surface area contributed by atoms with Crippen molar-refractivity contribution in [2.45, 2.75) is 13.0 Å². The van der Waals surface area contributed by atoms with Gasteiger partial charge in [0.05, 0.1) is 23.2 Å². The van der Waals surface area contributed by atoms with Crippen LogP contribution in [0.3, 0.4) is 0 Å². The highest BCUT2D eigenvalue weighted by Crippen LogP contribution is 2.17. The Kier molecular flexibility index (Phi) is 4.19. The number of carbonyl (C=O) groups is 1. The molecule has 0 unspecified atom stereocenters. The van der Waals surface area contributed by atoms with Crippen LogP contribution < -0.4 is 11.1 Å². The van der Waals surface area contributed by atoms with Crippen LogP contribution in [0.1, 0.15) is 34.5 Å². The van der Waals surface area contributed by atoms with Gasteiger partial charge in [0.1, 0.15) is 5.82 Å². The Morgan fingerprint density at radius 1 is 1.29 bits per heavy atom. The maximum absolute atomic E-state index is 13.2. The Bertz CT molecular complexity index is 704. The number of nitrogens with one attached hydrogen (secondary N) is 1. The second kappa shape index (κ2) is 6.06. The number of nitrogens with zero attached hydrogens (tertiary/aromatic N) is 1. The molecule has 0 aromatic heterocycles. The molecule has 21 heavy (non-hydrogen) atoms. The molecule has 2 aromatic carbocycles. The third-order valence-electron chi connectivity index (χ3n) is 3.15. The Labute approximate surface area is 122 Å². The number of carbonyl (C=O) groups excluding carboxylic acids is 1. The minimum Gasteiger partial charge on any atom is -0.398 e. The van der Waals surface area contributed by atoms with Gasteiger partial charge < -0.3 is 11.1 Å². The van der Waals surface area contributed by atoms with Crippen molar-refractivity contribution >= 4 is 11.6 Å². The van der Waals surface area contributed by atoms with Crippen molar-refractivity contribution in [1.29, 1.82) is 5.26 Å². The van der Waals surface area contributed by atoms with Crippen LogP contribution in [0.4, 0.5) is 10.1 Å². The topological polar surface area (TPSA) is 78.9 Å². The summed E-state index contributed by atoms with van der Waals surface area (Å²) < 4.78 is 13.2. The number of hydrogen-bond acceptors (Lipinski definition) is 3. The molecule has 0 aliphatic carbocycles. The molecule has 0 aliphatic heterocycles. The molecule has 1 amide bonds. The van der Waals surface area contributed by atoms with Crippen molar-refractivity contribution < 1.29 is 9.18 Å². The van der Waals surface area contributed by atoms with Gasteiger partial charge in [-0.3, -0.25) is 4.79 Å². The molecule has 2 rings (SSSR count). The minimum atomic E-state index is -0.514. The van der Waals surface area contributed by atoms with E-state index in [0.717, 1.165) is 11.6 Å². The van der Waals surface area contributed by atoms with Crippen molar-refractivity contribution in [3.63, 3.8) is 0 Å². The lowest BCUT2D eigenvalue weighted by molar-refractivity contribution is 0.0940. The van der Waals surface area contributed by atoms with E-state index in [-0.39, 0.29) is 17.3 Å². The average Bonchev–Trinajstić information content (AvgIpc) is 2.49. The quantitative estimate of drug-likeness (QED) is 0.850. The molecule has 2 aromatic rings. The maximum atomic E-state index is 13.2. The monoisotopic (exact) mass is 283 g/mol. The van der Waals surface area contributed by atoms with E-state index in [1.54, 1.807) is 31.2 Å². The number of anilines is 1. The number of nitriles is 1. The Morgan fingerprint density at radius 2 is 1.95 bits per heavy atom. The first-order valence-electron chi connectivity index (χ1n) is 6.37. The van der Waals surface area contributed by atoms with Gasteiger partial charge in [0, 0.05) is 5.69 Å². The molecule has 0 spiro atoms. The Hall–Kier alpha value is -2.87. The molecule has 3 N–H and O–H groups in total. The van der Waals surface area contributed by atoms with Crippen molar-refractivity contribution in [1.82, 2.24) is 5.32 Å². The summed E-state index contributed by atoms with van der Waals surface area (Å²) in [5, 5.41) is 11.5. The van der Waals surface area contributed by atoms with Gasteiger partial charge in [-0.05, 0) is 42.8 Å². The van der Waals surface area contributed by atoms with Crippen LogP contribution in [0.5, 0.6) is 0 Å². The molecular weight excluding hydrogens is 269 g/mol. The highest BCUT2D eigenvalue weighted by Gasteiger charge is 2.14. The third kappa shape index (κ3) is 3.37. The first-order chi connectivity index (χ1) is 10.0. The number of hydrogen-bond donors (Lipinski definition) is 2. The molecule has 0 saturated heterocycles. The fourth-order valence-electron chi connectivity index (χ4n) is 1.93. The average molecular weight is 283 g/mol.